The highest BCUT2D eigenvalue weighted by Gasteiger charge is 2.37. The van der Waals surface area contributed by atoms with E-state index in [1.54, 1.807) is 93.3 Å². The maximum Gasteiger partial charge on any atom is 0.336 e. The van der Waals surface area contributed by atoms with Crippen LogP contribution in [0.2, 0.25) is 0 Å². The van der Waals surface area contributed by atoms with Crippen molar-refractivity contribution in [1.82, 2.24) is 9.80 Å². The van der Waals surface area contributed by atoms with E-state index < -0.39 is 43.1 Å². The van der Waals surface area contributed by atoms with Crippen molar-refractivity contribution >= 4 is 23.5 Å². The van der Waals surface area contributed by atoms with E-state index in [1.807, 2.05) is 60.7 Å². The van der Waals surface area contributed by atoms with Crippen molar-refractivity contribution in [3.63, 3.8) is 0 Å². The van der Waals surface area contributed by atoms with E-state index in [2.05, 4.69) is 9.80 Å². The van der Waals surface area contributed by atoms with Gasteiger partial charge in [0.1, 0.15) is 13.2 Å². The molecule has 0 saturated heterocycles. The smallest absolute Gasteiger partial charge is 0.336 e. The Morgan fingerprint density at radius 3 is 1.24 bits per heavy atom. The van der Waals surface area contributed by atoms with Gasteiger partial charge in [0, 0.05) is 43.8 Å². The van der Waals surface area contributed by atoms with E-state index >= 15 is 0 Å². The summed E-state index contributed by atoms with van der Waals surface area (Å²) in [5.41, 5.74) is 6.45. The average molecular weight is 1290 g/mol. The lowest BCUT2D eigenvalue weighted by Gasteiger charge is -2.39. The summed E-state index contributed by atoms with van der Waals surface area (Å²) in [6.45, 7) is 0.221. The van der Waals surface area contributed by atoms with E-state index in [1.165, 1.54) is 28.4 Å². The molecule has 22 heteroatoms. The van der Waals surface area contributed by atoms with E-state index in [9.17, 15) is 19.2 Å². The normalized spacial score (nSPS) is 15.1. The molecule has 6 aromatic carbocycles. The third-order valence-corrected chi connectivity index (χ3v) is 16.8. The SMILES string of the molecule is COc1ccc(CC2c3cc(OC)c(OC)cc3CCN2CC(OCC(=O)c2ccc(OC)c(OC)c2)C(=O)OCCCCCOC(=O)C(CN2CCc3cc(OC)c(OC)cc3C2Cc2ccc(OC)c(OC)c2)OCC(=O)c2cccc(OC)c2OC)cc1OC. The van der Waals surface area contributed by atoms with Crippen molar-refractivity contribution in [3.05, 3.63) is 142 Å². The fourth-order valence-electron chi connectivity index (χ4n) is 11.9. The average Bonchev–Trinajstić information content (AvgIpc) is 0.868. The zero-order valence-corrected chi connectivity index (χ0v) is 55.2. The molecule has 500 valence electrons. The van der Waals surface area contributed by atoms with Crippen LogP contribution in [0.3, 0.4) is 0 Å². The van der Waals surface area contributed by atoms with E-state index in [0.717, 1.165) is 33.4 Å². The highest BCUT2D eigenvalue weighted by Crippen LogP contribution is 2.43. The van der Waals surface area contributed by atoms with Crippen molar-refractivity contribution in [2.24, 2.45) is 0 Å². The molecule has 0 saturated carbocycles. The maximum absolute atomic E-state index is 14.5. The van der Waals surface area contributed by atoms with Crippen molar-refractivity contribution in [2.75, 3.05) is 138 Å². The van der Waals surface area contributed by atoms with Crippen LogP contribution >= 0.6 is 0 Å². The van der Waals surface area contributed by atoms with Gasteiger partial charge in [-0.25, -0.2) is 9.59 Å². The first-order valence-electron chi connectivity index (χ1n) is 30.7. The summed E-state index contributed by atoms with van der Waals surface area (Å²) >= 11 is 0. The molecule has 2 heterocycles. The first kappa shape index (κ1) is 69.9. The number of ketones is 2. The molecule has 8 rings (SSSR count). The maximum atomic E-state index is 14.5. The van der Waals surface area contributed by atoms with Crippen molar-refractivity contribution < 1.29 is 95.0 Å². The summed E-state index contributed by atoms with van der Waals surface area (Å²) in [5, 5.41) is 0. The lowest BCUT2D eigenvalue weighted by atomic mass is 9.87. The Morgan fingerprint density at radius 2 is 0.806 bits per heavy atom. The van der Waals surface area contributed by atoms with Crippen molar-refractivity contribution in [1.29, 1.82) is 0 Å². The van der Waals surface area contributed by atoms with Crippen molar-refractivity contribution in [2.45, 2.75) is 69.2 Å². The second kappa shape index (κ2) is 34.1. The topological polar surface area (TPSA) is 222 Å². The van der Waals surface area contributed by atoms with Crippen LogP contribution in [0.25, 0.3) is 0 Å². The van der Waals surface area contributed by atoms with Gasteiger partial charge in [-0.15, -0.1) is 0 Å². The minimum atomic E-state index is -1.23. The molecule has 0 bridgehead atoms. The van der Waals surface area contributed by atoms with E-state index in [0.29, 0.717) is 127 Å². The number of rotatable bonds is 36. The molecular formula is C71H86N2O20. The van der Waals surface area contributed by atoms with Crippen molar-refractivity contribution in [3.8, 4) is 69.0 Å². The third-order valence-electron chi connectivity index (χ3n) is 16.8. The number of para-hydroxylation sites is 1. The molecule has 22 nitrogen and oxygen atoms in total. The highest BCUT2D eigenvalue weighted by atomic mass is 16.6. The Bertz CT molecular complexity index is 3520. The number of esters is 2. The summed E-state index contributed by atoms with van der Waals surface area (Å²) in [4.78, 5) is 61.1. The largest absolute Gasteiger partial charge is 0.493 e. The predicted octanol–water partition coefficient (Wildman–Crippen LogP) is 9.57. The van der Waals surface area contributed by atoms with Gasteiger partial charge in [0.25, 0.3) is 0 Å². The highest BCUT2D eigenvalue weighted by molar-refractivity contribution is 6.00. The molecule has 6 aromatic rings. The Kier molecular flexibility index (Phi) is 25.6. The monoisotopic (exact) mass is 1290 g/mol. The summed E-state index contributed by atoms with van der Waals surface area (Å²) in [6.07, 6.45) is 1.04. The number of benzene rings is 6. The zero-order chi connectivity index (χ0) is 66.6. The first-order valence-corrected chi connectivity index (χ1v) is 30.7. The van der Waals surface area contributed by atoms with Gasteiger partial charge in [-0.3, -0.25) is 19.4 Å². The van der Waals surface area contributed by atoms with Crippen LogP contribution in [0, 0.1) is 0 Å². The molecule has 2 aliphatic heterocycles. The third kappa shape index (κ3) is 17.2. The fraction of sp³-hybridized carbons (Fsp3) is 0.437. The lowest BCUT2D eigenvalue weighted by Crippen LogP contribution is -2.45. The molecule has 0 radical (unpaired) electrons. The zero-order valence-electron chi connectivity index (χ0n) is 55.2. The molecule has 4 unspecified atom stereocenters. The minimum Gasteiger partial charge on any atom is -0.493 e. The van der Waals surface area contributed by atoms with Crippen LogP contribution in [-0.4, -0.2) is 183 Å². The first-order chi connectivity index (χ1) is 45.2. The number of hydrogen-bond acceptors (Lipinski definition) is 22. The van der Waals surface area contributed by atoms with Crippen LogP contribution < -0.4 is 56.8 Å². The molecular weight excluding hydrogens is 1200 g/mol. The van der Waals surface area contributed by atoms with Gasteiger partial charge in [0.05, 0.1) is 104 Å². The van der Waals surface area contributed by atoms with Gasteiger partial charge in [-0.05, 0) is 157 Å². The number of fused-ring (bicyclic) bond motifs is 2. The Balaban J connectivity index is 0.980. The number of methoxy groups -OCH3 is 12. The number of hydrogen-bond donors (Lipinski definition) is 0. The van der Waals surface area contributed by atoms with Crippen LogP contribution in [0.4, 0.5) is 0 Å². The summed E-state index contributed by atoms with van der Waals surface area (Å²) < 4.78 is 92.0. The molecule has 2 aliphatic rings. The summed E-state index contributed by atoms with van der Waals surface area (Å²) in [7, 11) is 18.6. The van der Waals surface area contributed by atoms with Gasteiger partial charge in [0.2, 0.25) is 0 Å². The second-order valence-corrected chi connectivity index (χ2v) is 22.1. The Labute approximate surface area is 543 Å². The molecule has 0 aliphatic carbocycles. The second-order valence-electron chi connectivity index (χ2n) is 22.1. The molecule has 4 atom stereocenters. The number of nitrogens with zero attached hydrogens (tertiary/aromatic N) is 2. The Morgan fingerprint density at radius 1 is 0.409 bits per heavy atom. The minimum absolute atomic E-state index is 0.00129. The number of ether oxygens (including phenoxy) is 16. The van der Waals surface area contributed by atoms with Crippen LogP contribution in [0.1, 0.15) is 85.4 Å². The number of carbonyl (C=O) groups excluding carboxylic acids is 4. The molecule has 93 heavy (non-hydrogen) atoms. The summed E-state index contributed by atoms with van der Waals surface area (Å²) in [5.74, 6) is 3.85. The van der Waals surface area contributed by atoms with Gasteiger partial charge >= 0.3 is 11.9 Å². The van der Waals surface area contributed by atoms with Gasteiger partial charge < -0.3 is 75.8 Å². The van der Waals surface area contributed by atoms with Gasteiger partial charge in [-0.2, -0.15) is 0 Å². The lowest BCUT2D eigenvalue weighted by molar-refractivity contribution is -0.158. The van der Waals surface area contributed by atoms with Crippen LogP contribution in [-0.2, 0) is 54.2 Å². The Hall–Kier alpha value is -8.96. The molecule has 0 N–H and O–H groups in total. The summed E-state index contributed by atoms with van der Waals surface area (Å²) in [6, 6.07) is 28.6. The standard InChI is InChI=1S/C71H86N2O20/c1-78-56-22-19-44(33-60(56)82-5)31-52-50-38-65(87-10)63(85-8)35-46(50)25-27-72(52)40-67(92-42-54(74)48-21-24-58(80-3)62(37-48)84-7)70(76)90-29-14-13-15-30-91-71(77)68(93-43-55(75)49-17-16-18-59(81-4)69(49)89-12)41-73-28-26-47-36-64(86-9)66(88-11)39-51(47)53(73)32-45-20-23-57(79-2)61(34-45)83-6/h16-24,33-39,52-53,67-68H,13-15,25-32,40-43H2,1-12H3. The van der Waals surface area contributed by atoms with E-state index in [-0.39, 0.29) is 55.5 Å². The molecule has 0 spiro atoms. The predicted molar refractivity (Wildman–Crippen MR) is 345 cm³/mol. The van der Waals surface area contributed by atoms with Crippen LogP contribution in [0.5, 0.6) is 69.0 Å². The number of carbonyl (C=O) groups is 4. The quantitative estimate of drug-likeness (QED) is 0.0203. The fourth-order valence-corrected chi connectivity index (χ4v) is 11.9. The molecule has 0 aromatic heterocycles. The molecule has 0 amide bonds. The van der Waals surface area contributed by atoms with Gasteiger partial charge in [-0.1, -0.05) is 18.2 Å². The number of unbranched alkanes of at least 4 members (excludes halogenated alkanes) is 2. The van der Waals surface area contributed by atoms with Crippen LogP contribution in [0.15, 0.2) is 97.1 Å². The van der Waals surface area contributed by atoms with E-state index in [4.69, 9.17) is 75.8 Å². The number of Topliss-reactive ketones (excluding diaryl/α,β-unsaturated/α-hetero) is 2. The van der Waals surface area contributed by atoms with Gasteiger partial charge in [0.15, 0.2) is 92.8 Å². The molecule has 0 fully saturated rings.